The van der Waals surface area contributed by atoms with Crippen molar-refractivity contribution >= 4 is 17.6 Å². The fourth-order valence-electron chi connectivity index (χ4n) is 1.87. The van der Waals surface area contributed by atoms with Crippen molar-refractivity contribution in [3.05, 3.63) is 64.1 Å². The molecule has 1 aromatic carbocycles. The van der Waals surface area contributed by atoms with Crippen LogP contribution >= 0.6 is 0 Å². The number of carbonyl (C=O) groups excluding carboxylic acids is 1. The summed E-state index contributed by atoms with van der Waals surface area (Å²) in [6, 6.07) is 9.28. The molecule has 108 valence electrons. The minimum absolute atomic E-state index is 0.0838. The van der Waals surface area contributed by atoms with Crippen molar-refractivity contribution in [3.63, 3.8) is 0 Å². The van der Waals surface area contributed by atoms with Crippen LogP contribution in [0.15, 0.2) is 47.4 Å². The van der Waals surface area contributed by atoms with Gasteiger partial charge in [0.05, 0.1) is 5.56 Å². The Hall–Kier alpha value is -2.89. The predicted octanol–water partition coefficient (Wildman–Crippen LogP) is 1.49. The molecule has 0 saturated heterocycles. The zero-order valence-electron chi connectivity index (χ0n) is 11.4. The van der Waals surface area contributed by atoms with Crippen LogP contribution in [0.5, 0.6) is 0 Å². The Bertz CT molecular complexity index is 749. The zero-order chi connectivity index (χ0) is 15.4. The van der Waals surface area contributed by atoms with E-state index in [0.29, 0.717) is 11.3 Å². The molecule has 0 bridgehead atoms. The number of rotatable bonds is 4. The molecule has 21 heavy (non-hydrogen) atoms. The molecular formula is C15H14N2O4. The van der Waals surface area contributed by atoms with E-state index in [9.17, 15) is 14.4 Å². The van der Waals surface area contributed by atoms with Crippen LogP contribution in [0.25, 0.3) is 0 Å². The highest BCUT2D eigenvalue weighted by molar-refractivity contribution is 5.93. The Kier molecular flexibility index (Phi) is 4.18. The topological polar surface area (TPSA) is 88.4 Å². The first kappa shape index (κ1) is 14.5. The number of nitrogens with one attached hydrogen (secondary N) is 1. The second-order valence-electron chi connectivity index (χ2n) is 4.56. The molecular weight excluding hydrogens is 272 g/mol. The summed E-state index contributed by atoms with van der Waals surface area (Å²) in [5.41, 5.74) is 0.784. The number of pyridine rings is 1. The second-order valence-corrected chi connectivity index (χ2v) is 4.56. The van der Waals surface area contributed by atoms with Gasteiger partial charge in [-0.05, 0) is 31.2 Å². The fourth-order valence-corrected chi connectivity index (χ4v) is 1.87. The van der Waals surface area contributed by atoms with Gasteiger partial charge in [0, 0.05) is 17.4 Å². The molecule has 1 aromatic heterocycles. The third-order valence-corrected chi connectivity index (χ3v) is 2.92. The molecule has 6 heteroatoms. The lowest BCUT2D eigenvalue weighted by Gasteiger charge is -2.08. The Balaban J connectivity index is 2.12. The van der Waals surface area contributed by atoms with Crippen LogP contribution in [-0.2, 0) is 11.3 Å². The number of anilines is 1. The number of carboxylic acid groups (broad SMARTS) is 1. The molecule has 0 spiro atoms. The minimum atomic E-state index is -1.07. The predicted molar refractivity (Wildman–Crippen MR) is 77.5 cm³/mol. The van der Waals surface area contributed by atoms with Crippen molar-refractivity contribution in [1.82, 2.24) is 4.57 Å². The maximum Gasteiger partial charge on any atom is 0.335 e. The summed E-state index contributed by atoms with van der Waals surface area (Å²) in [5.74, 6) is -1.47. The minimum Gasteiger partial charge on any atom is -0.478 e. The highest BCUT2D eigenvalue weighted by Gasteiger charge is 2.08. The van der Waals surface area contributed by atoms with Gasteiger partial charge < -0.3 is 15.0 Å². The number of hydrogen-bond donors (Lipinski definition) is 2. The molecule has 1 amide bonds. The number of amides is 1. The SMILES string of the molecule is Cc1cccn(CC(=O)Nc2cccc(C(=O)O)c2)c1=O. The maximum absolute atomic E-state index is 11.9. The first-order valence-electron chi connectivity index (χ1n) is 6.26. The van der Waals surface area contributed by atoms with Gasteiger partial charge >= 0.3 is 5.97 Å². The molecule has 0 radical (unpaired) electrons. The quantitative estimate of drug-likeness (QED) is 0.891. The van der Waals surface area contributed by atoms with Crippen molar-refractivity contribution < 1.29 is 14.7 Å². The third-order valence-electron chi connectivity index (χ3n) is 2.92. The summed E-state index contributed by atoms with van der Waals surface area (Å²) in [6.45, 7) is 1.55. The molecule has 1 heterocycles. The van der Waals surface area contributed by atoms with E-state index in [1.54, 1.807) is 25.1 Å². The van der Waals surface area contributed by atoms with Gasteiger partial charge in [0.2, 0.25) is 5.91 Å². The number of hydrogen-bond acceptors (Lipinski definition) is 3. The lowest BCUT2D eigenvalue weighted by atomic mass is 10.2. The van der Waals surface area contributed by atoms with Crippen molar-refractivity contribution in [2.24, 2.45) is 0 Å². The summed E-state index contributed by atoms with van der Waals surface area (Å²) < 4.78 is 1.30. The normalized spacial score (nSPS) is 10.1. The Morgan fingerprint density at radius 1 is 1.24 bits per heavy atom. The molecule has 0 unspecified atom stereocenters. The van der Waals surface area contributed by atoms with Crippen molar-refractivity contribution in [2.45, 2.75) is 13.5 Å². The van der Waals surface area contributed by atoms with Crippen molar-refractivity contribution in [2.75, 3.05) is 5.32 Å². The van der Waals surface area contributed by atoms with Crippen molar-refractivity contribution in [3.8, 4) is 0 Å². The number of nitrogens with zero attached hydrogens (tertiary/aromatic N) is 1. The van der Waals surface area contributed by atoms with Gasteiger partial charge in [-0.3, -0.25) is 9.59 Å². The van der Waals surface area contributed by atoms with Crippen LogP contribution in [0.3, 0.4) is 0 Å². The highest BCUT2D eigenvalue weighted by Crippen LogP contribution is 2.10. The summed E-state index contributed by atoms with van der Waals surface area (Å²) in [4.78, 5) is 34.6. The average Bonchev–Trinajstić information content (AvgIpc) is 2.44. The van der Waals surface area contributed by atoms with Crippen molar-refractivity contribution in [1.29, 1.82) is 0 Å². The van der Waals surface area contributed by atoms with Crippen LogP contribution in [0.2, 0.25) is 0 Å². The standard InChI is InChI=1S/C15H14N2O4/c1-10-4-3-7-17(14(10)19)9-13(18)16-12-6-2-5-11(8-12)15(20)21/h2-8H,9H2,1H3,(H,16,18)(H,20,21). The molecule has 0 aliphatic carbocycles. The molecule has 0 saturated carbocycles. The maximum atomic E-state index is 11.9. The van der Waals surface area contributed by atoms with E-state index in [2.05, 4.69) is 5.32 Å². The monoisotopic (exact) mass is 286 g/mol. The molecule has 2 aromatic rings. The summed E-state index contributed by atoms with van der Waals surface area (Å²) in [7, 11) is 0. The number of aromatic nitrogens is 1. The van der Waals surface area contributed by atoms with E-state index in [1.807, 2.05) is 0 Å². The molecule has 0 atom stereocenters. The van der Waals surface area contributed by atoms with Crippen LogP contribution in [0.4, 0.5) is 5.69 Å². The zero-order valence-corrected chi connectivity index (χ0v) is 11.4. The molecule has 0 fully saturated rings. The van der Waals surface area contributed by atoms with Crippen LogP contribution in [0, 0.1) is 6.92 Å². The number of aryl methyl sites for hydroxylation is 1. The summed E-state index contributed by atoms with van der Waals surface area (Å²) in [5, 5.41) is 11.5. The molecule has 0 aliphatic heterocycles. The molecule has 2 rings (SSSR count). The smallest absolute Gasteiger partial charge is 0.335 e. The molecule has 6 nitrogen and oxygen atoms in total. The molecule has 0 aliphatic rings. The summed E-state index contributed by atoms with van der Waals surface area (Å²) in [6.07, 6.45) is 1.53. The van der Waals surface area contributed by atoms with Gasteiger partial charge in [-0.15, -0.1) is 0 Å². The Morgan fingerprint density at radius 3 is 2.71 bits per heavy atom. The van der Waals surface area contributed by atoms with Gasteiger partial charge in [-0.25, -0.2) is 4.79 Å². The first-order chi connectivity index (χ1) is 9.97. The van der Waals surface area contributed by atoms with Gasteiger partial charge in [0.15, 0.2) is 0 Å². The van der Waals surface area contributed by atoms with E-state index in [-0.39, 0.29) is 17.7 Å². The molecule has 2 N–H and O–H groups in total. The number of benzene rings is 1. The van der Waals surface area contributed by atoms with E-state index in [4.69, 9.17) is 5.11 Å². The highest BCUT2D eigenvalue weighted by atomic mass is 16.4. The lowest BCUT2D eigenvalue weighted by Crippen LogP contribution is -2.28. The average molecular weight is 286 g/mol. The van der Waals surface area contributed by atoms with Crippen LogP contribution in [0.1, 0.15) is 15.9 Å². The lowest BCUT2D eigenvalue weighted by molar-refractivity contribution is -0.116. The third kappa shape index (κ3) is 3.56. The van der Waals surface area contributed by atoms with Crippen LogP contribution < -0.4 is 10.9 Å². The number of carboxylic acids is 1. The first-order valence-corrected chi connectivity index (χ1v) is 6.26. The van der Waals surface area contributed by atoms with Gasteiger partial charge in [-0.1, -0.05) is 12.1 Å². The summed E-state index contributed by atoms with van der Waals surface area (Å²) >= 11 is 0. The van der Waals surface area contributed by atoms with E-state index >= 15 is 0 Å². The fraction of sp³-hybridized carbons (Fsp3) is 0.133. The Morgan fingerprint density at radius 2 is 2.00 bits per heavy atom. The Labute approximate surface area is 120 Å². The van der Waals surface area contributed by atoms with E-state index < -0.39 is 11.9 Å². The van der Waals surface area contributed by atoms with Gasteiger partial charge in [0.1, 0.15) is 6.54 Å². The van der Waals surface area contributed by atoms with Gasteiger partial charge in [-0.2, -0.15) is 0 Å². The second kappa shape index (κ2) is 6.04. The largest absolute Gasteiger partial charge is 0.478 e. The van der Waals surface area contributed by atoms with Crippen LogP contribution in [-0.4, -0.2) is 21.6 Å². The van der Waals surface area contributed by atoms with E-state index in [1.165, 1.54) is 29.0 Å². The van der Waals surface area contributed by atoms with E-state index in [0.717, 1.165) is 0 Å². The number of carbonyl (C=O) groups is 2. The van der Waals surface area contributed by atoms with Gasteiger partial charge in [0.25, 0.3) is 5.56 Å². The number of aromatic carboxylic acids is 1.